The molecule has 1 rings (SSSR count). The Morgan fingerprint density at radius 3 is 2.60 bits per heavy atom. The second-order valence-electron chi connectivity index (χ2n) is 2.63. The summed E-state index contributed by atoms with van der Waals surface area (Å²) in [7, 11) is 1.27. The quantitative estimate of drug-likeness (QED) is 0.626. The summed E-state index contributed by atoms with van der Waals surface area (Å²) in [6, 6.07) is 2.17. The molecule has 1 aromatic rings. The van der Waals surface area contributed by atoms with Gasteiger partial charge in [0.15, 0.2) is 5.75 Å². The van der Waals surface area contributed by atoms with Crippen molar-refractivity contribution in [2.45, 2.75) is 0 Å². The number of amides is 1. The number of hydrogen-bond donors (Lipinski definition) is 1. The van der Waals surface area contributed by atoms with Crippen molar-refractivity contribution in [3.63, 3.8) is 0 Å². The highest BCUT2D eigenvalue weighted by atomic mass is 35.5. The molecule has 2 N–H and O–H groups in total. The van der Waals surface area contributed by atoms with Gasteiger partial charge in [-0.05, 0) is 0 Å². The maximum absolute atomic E-state index is 10.9. The predicted octanol–water partition coefficient (Wildman–Crippen LogP) is 1.36. The molecular formula is C8H7ClN2O4. The molecule has 0 bridgehead atoms. The fourth-order valence-corrected chi connectivity index (χ4v) is 1.29. The van der Waals surface area contributed by atoms with Crippen LogP contribution in [0.2, 0.25) is 5.02 Å². The highest BCUT2D eigenvalue weighted by Gasteiger charge is 2.20. The molecule has 7 heteroatoms. The van der Waals surface area contributed by atoms with E-state index in [0.29, 0.717) is 0 Å². The van der Waals surface area contributed by atoms with E-state index in [4.69, 9.17) is 22.1 Å². The second kappa shape index (κ2) is 4.14. The number of benzene rings is 1. The van der Waals surface area contributed by atoms with Crippen molar-refractivity contribution in [1.29, 1.82) is 0 Å². The van der Waals surface area contributed by atoms with Gasteiger partial charge in [-0.1, -0.05) is 11.6 Å². The van der Waals surface area contributed by atoms with Crippen LogP contribution in [0.25, 0.3) is 0 Å². The third kappa shape index (κ3) is 2.16. The van der Waals surface area contributed by atoms with Gasteiger partial charge in [0.25, 0.3) is 0 Å². The van der Waals surface area contributed by atoms with Gasteiger partial charge in [0.05, 0.1) is 22.6 Å². The first-order valence-corrected chi connectivity index (χ1v) is 4.17. The van der Waals surface area contributed by atoms with Crippen molar-refractivity contribution in [2.75, 3.05) is 7.11 Å². The number of nitro groups is 1. The van der Waals surface area contributed by atoms with Crippen LogP contribution in [0.3, 0.4) is 0 Å². The van der Waals surface area contributed by atoms with E-state index in [9.17, 15) is 14.9 Å². The van der Waals surface area contributed by atoms with Crippen LogP contribution in [0.5, 0.6) is 5.75 Å². The molecule has 0 saturated carbocycles. The zero-order valence-corrected chi connectivity index (χ0v) is 8.45. The van der Waals surface area contributed by atoms with Crippen molar-refractivity contribution in [3.8, 4) is 5.75 Å². The molecule has 0 aliphatic rings. The number of methoxy groups -OCH3 is 1. The number of rotatable bonds is 3. The molecule has 0 spiro atoms. The summed E-state index contributed by atoms with van der Waals surface area (Å²) < 4.78 is 4.74. The average Bonchev–Trinajstić information content (AvgIpc) is 2.16. The van der Waals surface area contributed by atoms with Crippen LogP contribution in [-0.2, 0) is 0 Å². The van der Waals surface area contributed by atoms with E-state index in [-0.39, 0.29) is 22.0 Å². The summed E-state index contributed by atoms with van der Waals surface area (Å²) in [4.78, 5) is 20.8. The molecule has 0 radical (unpaired) electrons. The van der Waals surface area contributed by atoms with Crippen LogP contribution in [0.15, 0.2) is 12.1 Å². The Labute approximate surface area is 89.7 Å². The molecule has 80 valence electrons. The molecule has 0 aliphatic heterocycles. The number of nitrogens with two attached hydrogens (primary N) is 1. The minimum atomic E-state index is -0.828. The van der Waals surface area contributed by atoms with E-state index in [1.54, 1.807) is 0 Å². The maximum atomic E-state index is 10.9. The van der Waals surface area contributed by atoms with Gasteiger partial charge in [-0.2, -0.15) is 0 Å². The van der Waals surface area contributed by atoms with Gasteiger partial charge in [-0.3, -0.25) is 14.9 Å². The average molecular weight is 231 g/mol. The third-order valence-corrected chi connectivity index (χ3v) is 2.04. The monoisotopic (exact) mass is 230 g/mol. The summed E-state index contributed by atoms with van der Waals surface area (Å²) in [6.07, 6.45) is 0. The minimum absolute atomic E-state index is 0.0185. The number of nitro benzene ring substituents is 1. The van der Waals surface area contributed by atoms with Crippen LogP contribution in [-0.4, -0.2) is 17.9 Å². The summed E-state index contributed by atoms with van der Waals surface area (Å²) in [5.41, 5.74) is 4.53. The van der Waals surface area contributed by atoms with Crippen LogP contribution < -0.4 is 10.5 Å². The smallest absolute Gasteiger partial charge is 0.311 e. The van der Waals surface area contributed by atoms with Gasteiger partial charge < -0.3 is 10.5 Å². The lowest BCUT2D eigenvalue weighted by molar-refractivity contribution is -0.385. The lowest BCUT2D eigenvalue weighted by Gasteiger charge is -2.04. The minimum Gasteiger partial charge on any atom is -0.490 e. The zero-order valence-electron chi connectivity index (χ0n) is 7.69. The lowest BCUT2D eigenvalue weighted by Crippen LogP contribution is -2.12. The fourth-order valence-electron chi connectivity index (χ4n) is 1.04. The molecule has 1 amide bonds. The second-order valence-corrected chi connectivity index (χ2v) is 3.03. The Morgan fingerprint density at radius 1 is 1.60 bits per heavy atom. The number of halogens is 1. The molecule has 0 unspecified atom stereocenters. The Morgan fingerprint density at radius 2 is 2.20 bits per heavy atom. The van der Waals surface area contributed by atoms with Crippen LogP contribution in [0.1, 0.15) is 10.4 Å². The molecule has 0 heterocycles. The largest absolute Gasteiger partial charge is 0.490 e. The highest BCUT2D eigenvalue weighted by Crippen LogP contribution is 2.32. The number of carbonyl (C=O) groups is 1. The number of nitrogens with zero attached hydrogens (tertiary/aromatic N) is 1. The van der Waals surface area contributed by atoms with Gasteiger partial charge in [-0.15, -0.1) is 0 Å². The Bertz CT molecular complexity index is 433. The zero-order chi connectivity index (χ0) is 11.6. The third-order valence-electron chi connectivity index (χ3n) is 1.73. The first kappa shape index (κ1) is 11.3. The van der Waals surface area contributed by atoms with E-state index >= 15 is 0 Å². The SMILES string of the molecule is COc1cc(Cl)c(C(N)=O)cc1[N+](=O)[O-]. The highest BCUT2D eigenvalue weighted by molar-refractivity contribution is 6.34. The summed E-state index contributed by atoms with van der Waals surface area (Å²) in [5.74, 6) is -0.847. The van der Waals surface area contributed by atoms with Gasteiger partial charge in [0.1, 0.15) is 0 Å². The molecule has 6 nitrogen and oxygen atoms in total. The van der Waals surface area contributed by atoms with E-state index in [2.05, 4.69) is 0 Å². The van der Waals surface area contributed by atoms with Gasteiger partial charge >= 0.3 is 5.69 Å². The molecule has 0 atom stereocenters. The molecule has 0 aromatic heterocycles. The predicted molar refractivity (Wildman–Crippen MR) is 53.2 cm³/mol. The van der Waals surface area contributed by atoms with Crippen LogP contribution in [0.4, 0.5) is 5.69 Å². The molecule has 0 aliphatic carbocycles. The Kier molecular flexibility index (Phi) is 3.11. The first-order valence-electron chi connectivity index (χ1n) is 3.79. The van der Waals surface area contributed by atoms with Crippen LogP contribution >= 0.6 is 11.6 Å². The molecule has 0 saturated heterocycles. The van der Waals surface area contributed by atoms with Crippen molar-refractivity contribution in [1.82, 2.24) is 0 Å². The van der Waals surface area contributed by atoms with Crippen molar-refractivity contribution < 1.29 is 14.5 Å². The van der Waals surface area contributed by atoms with E-state index < -0.39 is 10.8 Å². The molecular weight excluding hydrogens is 224 g/mol. The number of hydrogen-bond acceptors (Lipinski definition) is 4. The summed E-state index contributed by atoms with van der Waals surface area (Å²) in [5, 5.41) is 10.6. The standard InChI is InChI=1S/C8H7ClN2O4/c1-15-7-3-5(9)4(8(10)12)2-6(7)11(13)14/h2-3H,1H3,(H2,10,12). The van der Waals surface area contributed by atoms with Gasteiger partial charge in [0.2, 0.25) is 5.91 Å². The van der Waals surface area contributed by atoms with E-state index in [0.717, 1.165) is 6.07 Å². The number of ether oxygens (including phenoxy) is 1. The topological polar surface area (TPSA) is 95.5 Å². The van der Waals surface area contributed by atoms with E-state index in [1.807, 2.05) is 0 Å². The first-order chi connectivity index (χ1) is 6.97. The normalized spacial score (nSPS) is 9.73. The van der Waals surface area contributed by atoms with Gasteiger partial charge in [-0.25, -0.2) is 0 Å². The summed E-state index contributed by atoms with van der Waals surface area (Å²) >= 11 is 5.68. The maximum Gasteiger partial charge on any atom is 0.311 e. The van der Waals surface area contributed by atoms with Crippen molar-refractivity contribution >= 4 is 23.2 Å². The lowest BCUT2D eigenvalue weighted by atomic mass is 10.2. The van der Waals surface area contributed by atoms with Crippen LogP contribution in [0, 0.1) is 10.1 Å². The number of carbonyl (C=O) groups excluding carboxylic acids is 1. The van der Waals surface area contributed by atoms with Gasteiger partial charge in [0, 0.05) is 12.1 Å². The fraction of sp³-hybridized carbons (Fsp3) is 0.125. The molecule has 15 heavy (non-hydrogen) atoms. The van der Waals surface area contributed by atoms with Crippen molar-refractivity contribution in [2.24, 2.45) is 5.73 Å². The van der Waals surface area contributed by atoms with Crippen molar-refractivity contribution in [3.05, 3.63) is 32.8 Å². The number of primary amides is 1. The molecule has 1 aromatic carbocycles. The van der Waals surface area contributed by atoms with E-state index in [1.165, 1.54) is 13.2 Å². The Hall–Kier alpha value is -1.82. The molecule has 0 fully saturated rings. The summed E-state index contributed by atoms with van der Waals surface area (Å²) in [6.45, 7) is 0. The Balaban J connectivity index is 3.43.